The molecular formula is C13H15ClN4. The summed E-state index contributed by atoms with van der Waals surface area (Å²) in [7, 11) is 1.91. The van der Waals surface area contributed by atoms with Gasteiger partial charge in [0.25, 0.3) is 0 Å². The summed E-state index contributed by atoms with van der Waals surface area (Å²) in [6.45, 7) is 0.739. The lowest BCUT2D eigenvalue weighted by atomic mass is 10.1. The average molecular weight is 263 g/mol. The minimum absolute atomic E-state index is 0.397. The van der Waals surface area contributed by atoms with Crippen LogP contribution in [0.1, 0.15) is 29.4 Å². The van der Waals surface area contributed by atoms with Gasteiger partial charge in [-0.15, -0.1) is 0 Å². The summed E-state index contributed by atoms with van der Waals surface area (Å²) in [6, 6.07) is 6.55. The number of rotatable bonds is 3. The van der Waals surface area contributed by atoms with Crippen molar-refractivity contribution in [2.45, 2.75) is 25.4 Å². The van der Waals surface area contributed by atoms with Gasteiger partial charge in [-0.25, -0.2) is 4.98 Å². The summed E-state index contributed by atoms with van der Waals surface area (Å²) in [6.07, 6.45) is 3.79. The maximum absolute atomic E-state index is 6.01. The fraction of sp³-hybridized carbons (Fsp3) is 0.385. The standard InChI is InChI=1S/C13H15ClN4/c1-18-13(16-8-17-18)7-15-12-5-2-9-6-10(14)3-4-11(9)12/h3-4,6,8,12,15H,2,5,7H2,1H3. The zero-order valence-electron chi connectivity index (χ0n) is 10.2. The summed E-state index contributed by atoms with van der Waals surface area (Å²) >= 11 is 6.01. The molecule has 1 N–H and O–H groups in total. The smallest absolute Gasteiger partial charge is 0.140 e. The zero-order chi connectivity index (χ0) is 12.5. The van der Waals surface area contributed by atoms with Crippen molar-refractivity contribution in [2.75, 3.05) is 0 Å². The van der Waals surface area contributed by atoms with Crippen LogP contribution in [0.2, 0.25) is 5.02 Å². The third-order valence-electron chi connectivity index (χ3n) is 3.49. The molecule has 1 aliphatic rings. The number of aryl methyl sites for hydroxylation is 2. The highest BCUT2D eigenvalue weighted by atomic mass is 35.5. The molecule has 0 spiro atoms. The highest BCUT2D eigenvalue weighted by Crippen LogP contribution is 2.32. The quantitative estimate of drug-likeness (QED) is 0.923. The molecular weight excluding hydrogens is 248 g/mol. The summed E-state index contributed by atoms with van der Waals surface area (Å²) in [5.41, 5.74) is 2.72. The van der Waals surface area contributed by atoms with E-state index in [4.69, 9.17) is 11.6 Å². The average Bonchev–Trinajstić information content (AvgIpc) is 2.93. The van der Waals surface area contributed by atoms with Gasteiger partial charge in [-0.3, -0.25) is 4.68 Å². The largest absolute Gasteiger partial charge is 0.303 e. The molecule has 1 aliphatic carbocycles. The Morgan fingerprint density at radius 2 is 2.39 bits per heavy atom. The number of fused-ring (bicyclic) bond motifs is 1. The molecule has 18 heavy (non-hydrogen) atoms. The molecule has 2 aromatic rings. The molecule has 0 amide bonds. The van der Waals surface area contributed by atoms with Gasteiger partial charge in [-0.1, -0.05) is 17.7 Å². The first-order valence-corrected chi connectivity index (χ1v) is 6.46. The van der Waals surface area contributed by atoms with E-state index in [0.29, 0.717) is 6.04 Å². The number of aromatic nitrogens is 3. The van der Waals surface area contributed by atoms with E-state index < -0.39 is 0 Å². The number of halogens is 1. The van der Waals surface area contributed by atoms with Crippen LogP contribution in [0.3, 0.4) is 0 Å². The molecule has 0 aliphatic heterocycles. The Balaban J connectivity index is 1.71. The van der Waals surface area contributed by atoms with Crippen molar-refractivity contribution in [1.82, 2.24) is 20.1 Å². The molecule has 0 fully saturated rings. The van der Waals surface area contributed by atoms with Crippen LogP contribution < -0.4 is 5.32 Å². The molecule has 0 bridgehead atoms. The van der Waals surface area contributed by atoms with Gasteiger partial charge in [0.2, 0.25) is 0 Å². The highest BCUT2D eigenvalue weighted by Gasteiger charge is 2.22. The van der Waals surface area contributed by atoms with E-state index in [-0.39, 0.29) is 0 Å². The molecule has 5 heteroatoms. The third kappa shape index (κ3) is 2.13. The van der Waals surface area contributed by atoms with Crippen LogP contribution in [-0.2, 0) is 20.0 Å². The Bertz CT molecular complexity index is 564. The fourth-order valence-electron chi connectivity index (χ4n) is 2.49. The molecule has 94 valence electrons. The van der Waals surface area contributed by atoms with Gasteiger partial charge in [-0.2, -0.15) is 5.10 Å². The Labute approximate surface area is 111 Å². The van der Waals surface area contributed by atoms with Crippen LogP contribution in [0, 0.1) is 0 Å². The predicted molar refractivity (Wildman–Crippen MR) is 70.4 cm³/mol. The lowest BCUT2D eigenvalue weighted by molar-refractivity contribution is 0.506. The molecule has 0 saturated heterocycles. The molecule has 1 aromatic heterocycles. The van der Waals surface area contributed by atoms with Gasteiger partial charge in [-0.05, 0) is 36.1 Å². The Hall–Kier alpha value is -1.39. The van der Waals surface area contributed by atoms with Crippen molar-refractivity contribution in [3.8, 4) is 0 Å². The lowest BCUT2D eigenvalue weighted by Crippen LogP contribution is -2.20. The van der Waals surface area contributed by atoms with Gasteiger partial charge in [0.1, 0.15) is 12.2 Å². The van der Waals surface area contributed by atoms with E-state index in [2.05, 4.69) is 27.5 Å². The van der Waals surface area contributed by atoms with E-state index >= 15 is 0 Å². The first-order chi connectivity index (χ1) is 8.74. The predicted octanol–water partition coefficient (Wildman–Crippen LogP) is 2.25. The maximum Gasteiger partial charge on any atom is 0.140 e. The molecule has 0 saturated carbocycles. The van der Waals surface area contributed by atoms with Gasteiger partial charge in [0, 0.05) is 18.1 Å². The van der Waals surface area contributed by atoms with E-state index in [0.717, 1.165) is 30.2 Å². The van der Waals surface area contributed by atoms with E-state index in [1.54, 1.807) is 11.0 Å². The maximum atomic E-state index is 6.01. The van der Waals surface area contributed by atoms with Gasteiger partial charge in [0.05, 0.1) is 6.54 Å². The first-order valence-electron chi connectivity index (χ1n) is 6.08. The molecule has 1 heterocycles. The van der Waals surface area contributed by atoms with E-state index in [1.807, 2.05) is 13.1 Å². The van der Waals surface area contributed by atoms with E-state index in [9.17, 15) is 0 Å². The van der Waals surface area contributed by atoms with Crippen molar-refractivity contribution in [2.24, 2.45) is 7.05 Å². The van der Waals surface area contributed by atoms with Crippen molar-refractivity contribution in [3.63, 3.8) is 0 Å². The molecule has 4 nitrogen and oxygen atoms in total. The first kappa shape index (κ1) is 11.7. The Morgan fingerprint density at radius 1 is 1.50 bits per heavy atom. The van der Waals surface area contributed by atoms with Crippen LogP contribution in [0.15, 0.2) is 24.5 Å². The van der Waals surface area contributed by atoms with Crippen LogP contribution in [0.4, 0.5) is 0 Å². The van der Waals surface area contributed by atoms with Crippen molar-refractivity contribution in [3.05, 3.63) is 46.5 Å². The summed E-state index contributed by atoms with van der Waals surface area (Å²) in [5, 5.41) is 8.42. The Kier molecular flexibility index (Phi) is 3.06. The van der Waals surface area contributed by atoms with Crippen LogP contribution in [0.5, 0.6) is 0 Å². The summed E-state index contributed by atoms with van der Waals surface area (Å²) in [4.78, 5) is 4.22. The minimum atomic E-state index is 0.397. The van der Waals surface area contributed by atoms with Gasteiger partial charge >= 0.3 is 0 Å². The second kappa shape index (κ2) is 4.71. The highest BCUT2D eigenvalue weighted by molar-refractivity contribution is 6.30. The number of hydrogen-bond acceptors (Lipinski definition) is 3. The molecule has 1 atom stereocenters. The monoisotopic (exact) mass is 262 g/mol. The summed E-state index contributed by atoms with van der Waals surface area (Å²) in [5.74, 6) is 0.956. The Morgan fingerprint density at radius 3 is 3.17 bits per heavy atom. The second-order valence-electron chi connectivity index (χ2n) is 4.62. The SMILES string of the molecule is Cn1ncnc1CNC1CCc2cc(Cl)ccc21. The van der Waals surface area contributed by atoms with Crippen LogP contribution in [0.25, 0.3) is 0 Å². The van der Waals surface area contributed by atoms with Crippen LogP contribution in [-0.4, -0.2) is 14.8 Å². The van der Waals surface area contributed by atoms with Gasteiger partial charge < -0.3 is 5.32 Å². The summed E-state index contributed by atoms with van der Waals surface area (Å²) < 4.78 is 1.80. The van der Waals surface area contributed by atoms with Gasteiger partial charge in [0.15, 0.2) is 0 Å². The molecule has 0 radical (unpaired) electrons. The number of nitrogens with one attached hydrogen (secondary N) is 1. The topological polar surface area (TPSA) is 42.7 Å². The lowest BCUT2D eigenvalue weighted by Gasteiger charge is -2.13. The van der Waals surface area contributed by atoms with Crippen molar-refractivity contribution >= 4 is 11.6 Å². The third-order valence-corrected chi connectivity index (χ3v) is 3.73. The molecule has 1 unspecified atom stereocenters. The minimum Gasteiger partial charge on any atom is -0.303 e. The van der Waals surface area contributed by atoms with Crippen LogP contribution >= 0.6 is 11.6 Å². The fourth-order valence-corrected chi connectivity index (χ4v) is 2.69. The second-order valence-corrected chi connectivity index (χ2v) is 5.05. The number of benzene rings is 1. The van der Waals surface area contributed by atoms with E-state index in [1.165, 1.54) is 11.1 Å². The zero-order valence-corrected chi connectivity index (χ0v) is 11.0. The van der Waals surface area contributed by atoms with Crippen molar-refractivity contribution < 1.29 is 0 Å². The number of hydrogen-bond donors (Lipinski definition) is 1. The molecule has 1 aromatic carbocycles. The normalized spacial score (nSPS) is 18.0. The van der Waals surface area contributed by atoms with Crippen molar-refractivity contribution in [1.29, 1.82) is 0 Å². The molecule has 3 rings (SSSR count). The number of nitrogens with zero attached hydrogens (tertiary/aromatic N) is 3.